The highest BCUT2D eigenvalue weighted by atomic mass is 16.3. The second-order valence-corrected chi connectivity index (χ2v) is 19.2. The second kappa shape index (κ2) is 13.7. The monoisotopic (exact) mass is 867 g/mol. The molecule has 3 aromatic heterocycles. The average Bonchev–Trinajstić information content (AvgIpc) is 4.12. The number of nitrogens with zero attached hydrogens (tertiary/aromatic N) is 1. The number of rotatable bonds is 4. The van der Waals surface area contributed by atoms with E-state index in [2.05, 4.69) is 219 Å². The summed E-state index contributed by atoms with van der Waals surface area (Å²) in [4.78, 5) is 0. The molecule has 0 N–H and O–H groups in total. The molecule has 1 aliphatic carbocycles. The van der Waals surface area contributed by atoms with Gasteiger partial charge in [0.05, 0.1) is 21.8 Å². The summed E-state index contributed by atoms with van der Waals surface area (Å²) in [7, 11) is 0. The van der Waals surface area contributed by atoms with Crippen LogP contribution in [0.15, 0.2) is 221 Å². The quantitative estimate of drug-likeness (QED) is 0.165. The van der Waals surface area contributed by atoms with Gasteiger partial charge in [0.2, 0.25) is 0 Å². The zero-order chi connectivity index (χ0) is 44.8. The van der Waals surface area contributed by atoms with Crippen molar-refractivity contribution in [1.82, 2.24) is 4.57 Å². The average molecular weight is 868 g/mol. The van der Waals surface area contributed by atoms with Crippen LogP contribution < -0.4 is 0 Å². The van der Waals surface area contributed by atoms with Gasteiger partial charge < -0.3 is 13.4 Å². The van der Waals surface area contributed by atoms with Crippen LogP contribution in [-0.4, -0.2) is 4.57 Å². The van der Waals surface area contributed by atoms with Gasteiger partial charge in [-0.1, -0.05) is 147 Å². The van der Waals surface area contributed by atoms with E-state index in [4.69, 9.17) is 8.83 Å². The summed E-state index contributed by atoms with van der Waals surface area (Å²) in [5.41, 5.74) is 19.4. The number of aromatic nitrogens is 1. The van der Waals surface area contributed by atoms with Crippen LogP contribution in [0.3, 0.4) is 0 Å². The summed E-state index contributed by atoms with van der Waals surface area (Å²) >= 11 is 0. The van der Waals surface area contributed by atoms with Crippen molar-refractivity contribution in [2.24, 2.45) is 0 Å². The molecule has 0 amide bonds. The smallest absolute Gasteiger partial charge is 0.145 e. The van der Waals surface area contributed by atoms with Crippen molar-refractivity contribution in [1.29, 1.82) is 0 Å². The van der Waals surface area contributed by atoms with Crippen LogP contribution in [0.5, 0.6) is 0 Å². The van der Waals surface area contributed by atoms with E-state index in [1.807, 2.05) is 12.1 Å². The van der Waals surface area contributed by atoms with Crippen LogP contribution >= 0.6 is 0 Å². The summed E-state index contributed by atoms with van der Waals surface area (Å²) in [6.45, 7) is 4.72. The summed E-state index contributed by atoms with van der Waals surface area (Å²) in [5, 5.41) is 11.4. The van der Waals surface area contributed by atoms with Gasteiger partial charge in [-0.05, 0) is 156 Å². The van der Waals surface area contributed by atoms with Crippen molar-refractivity contribution < 1.29 is 8.83 Å². The summed E-state index contributed by atoms with van der Waals surface area (Å²) in [5.74, 6) is 0. The first-order valence-electron chi connectivity index (χ1n) is 23.6. The van der Waals surface area contributed by atoms with Crippen molar-refractivity contribution >= 4 is 87.2 Å². The number of benzene rings is 11. The van der Waals surface area contributed by atoms with Gasteiger partial charge in [0.1, 0.15) is 22.3 Å². The Morgan fingerprint density at radius 2 is 0.853 bits per heavy atom. The SMILES string of the molecule is CC1(C)c2ccccc2-c2ccc(-c3cc(-c4ccccc4)cc(-c4ccc5c(ccc6cc(-n7c8ccc9c%10ccccc%10oc9c8c8c9oc%10ccccc%10c9ccc87)ccc65)c4)c3)cc21. The molecule has 1 aliphatic rings. The molecular weight excluding hydrogens is 827 g/mol. The Labute approximate surface area is 391 Å². The van der Waals surface area contributed by atoms with E-state index in [1.165, 1.54) is 77.2 Å². The van der Waals surface area contributed by atoms with Gasteiger partial charge in [-0.3, -0.25) is 0 Å². The Morgan fingerprint density at radius 3 is 1.53 bits per heavy atom. The Morgan fingerprint density at radius 1 is 0.338 bits per heavy atom. The van der Waals surface area contributed by atoms with Crippen LogP contribution in [0.4, 0.5) is 0 Å². The third kappa shape index (κ3) is 5.24. The third-order valence-electron chi connectivity index (χ3n) is 15.1. The molecule has 15 rings (SSSR count). The fourth-order valence-electron chi connectivity index (χ4n) is 11.8. The Kier molecular flexibility index (Phi) is 7.56. The van der Waals surface area contributed by atoms with E-state index in [9.17, 15) is 0 Å². The molecule has 318 valence electrons. The standard InChI is InChI=1S/C65H41NO2/c1-65(2)55-17-9-6-14-49(55)50-26-23-40(37-56(50)65)45-34-43(38-12-4-3-5-13-38)33-44(35-45)39-22-25-47-41(32-39)20-21-42-36-46(24-27-48(42)47)66-57-30-28-53-51-15-7-10-18-59(51)67-63(53)61(57)62-58(66)31-29-54-52-16-8-11-19-60(52)68-64(54)62/h3-37H,1-2H3. The lowest BCUT2D eigenvalue weighted by atomic mass is 9.81. The van der Waals surface area contributed by atoms with Crippen molar-refractivity contribution in [3.05, 3.63) is 223 Å². The van der Waals surface area contributed by atoms with Gasteiger partial charge in [-0.15, -0.1) is 0 Å². The number of para-hydroxylation sites is 2. The molecular formula is C65H41NO2. The normalized spacial score (nSPS) is 13.3. The molecule has 3 heteroatoms. The molecule has 0 bridgehead atoms. The van der Waals surface area contributed by atoms with E-state index in [-0.39, 0.29) is 5.41 Å². The van der Waals surface area contributed by atoms with E-state index < -0.39 is 0 Å². The summed E-state index contributed by atoms with van der Waals surface area (Å²) in [6, 6.07) is 77.8. The summed E-state index contributed by atoms with van der Waals surface area (Å²) < 4.78 is 15.9. The highest BCUT2D eigenvalue weighted by molar-refractivity contribution is 6.30. The van der Waals surface area contributed by atoms with Gasteiger partial charge in [0.25, 0.3) is 0 Å². The van der Waals surface area contributed by atoms with Crippen molar-refractivity contribution in [2.45, 2.75) is 19.3 Å². The maximum Gasteiger partial charge on any atom is 0.145 e. The molecule has 0 radical (unpaired) electrons. The largest absolute Gasteiger partial charge is 0.455 e. The molecule has 68 heavy (non-hydrogen) atoms. The van der Waals surface area contributed by atoms with Crippen LogP contribution in [-0.2, 0) is 5.41 Å². The van der Waals surface area contributed by atoms with Gasteiger partial charge in [-0.2, -0.15) is 0 Å². The lowest BCUT2D eigenvalue weighted by Gasteiger charge is -2.22. The van der Waals surface area contributed by atoms with Gasteiger partial charge in [-0.25, -0.2) is 0 Å². The maximum absolute atomic E-state index is 6.74. The van der Waals surface area contributed by atoms with Gasteiger partial charge in [0.15, 0.2) is 0 Å². The molecule has 3 nitrogen and oxygen atoms in total. The highest BCUT2D eigenvalue weighted by Crippen LogP contribution is 2.50. The van der Waals surface area contributed by atoms with Crippen molar-refractivity contribution in [3.63, 3.8) is 0 Å². The van der Waals surface area contributed by atoms with Crippen LogP contribution in [0, 0.1) is 0 Å². The fraction of sp³-hybridized carbons (Fsp3) is 0.0462. The Hall–Kier alpha value is -8.66. The topological polar surface area (TPSA) is 31.2 Å². The Bertz CT molecular complexity index is 4340. The molecule has 0 fully saturated rings. The number of hydrogen-bond acceptors (Lipinski definition) is 2. The van der Waals surface area contributed by atoms with Gasteiger partial charge >= 0.3 is 0 Å². The third-order valence-corrected chi connectivity index (χ3v) is 15.1. The first-order chi connectivity index (χ1) is 33.4. The van der Waals surface area contributed by atoms with Gasteiger partial charge in [0, 0.05) is 32.6 Å². The van der Waals surface area contributed by atoms with Crippen LogP contribution in [0.25, 0.3) is 137 Å². The second-order valence-electron chi connectivity index (χ2n) is 19.2. The van der Waals surface area contributed by atoms with E-state index in [1.54, 1.807) is 0 Å². The minimum atomic E-state index is -0.0719. The first kappa shape index (κ1) is 37.5. The lowest BCUT2D eigenvalue weighted by Crippen LogP contribution is -2.14. The molecule has 11 aromatic carbocycles. The minimum Gasteiger partial charge on any atom is -0.455 e. The predicted octanol–water partition coefficient (Wildman–Crippen LogP) is 18.2. The zero-order valence-corrected chi connectivity index (χ0v) is 37.5. The molecule has 0 aliphatic heterocycles. The predicted molar refractivity (Wildman–Crippen MR) is 284 cm³/mol. The van der Waals surface area contributed by atoms with E-state index >= 15 is 0 Å². The number of hydrogen-bond donors (Lipinski definition) is 0. The highest BCUT2D eigenvalue weighted by Gasteiger charge is 2.35. The molecule has 0 spiro atoms. The molecule has 0 atom stereocenters. The number of fused-ring (bicyclic) bond motifs is 17. The van der Waals surface area contributed by atoms with E-state index in [0.717, 1.165) is 71.4 Å². The van der Waals surface area contributed by atoms with Crippen LogP contribution in [0.2, 0.25) is 0 Å². The summed E-state index contributed by atoms with van der Waals surface area (Å²) in [6.07, 6.45) is 0. The maximum atomic E-state index is 6.74. The molecule has 0 unspecified atom stereocenters. The Balaban J connectivity index is 0.876. The number of furan rings is 2. The minimum absolute atomic E-state index is 0.0719. The first-order valence-corrected chi connectivity index (χ1v) is 23.6. The molecule has 0 saturated heterocycles. The van der Waals surface area contributed by atoms with E-state index in [0.29, 0.717) is 0 Å². The van der Waals surface area contributed by atoms with Crippen molar-refractivity contribution in [2.75, 3.05) is 0 Å². The molecule has 3 heterocycles. The molecule has 0 saturated carbocycles. The van der Waals surface area contributed by atoms with Crippen molar-refractivity contribution in [3.8, 4) is 50.2 Å². The fourth-order valence-corrected chi connectivity index (χ4v) is 11.8. The molecule has 14 aromatic rings. The zero-order valence-electron chi connectivity index (χ0n) is 37.5. The van der Waals surface area contributed by atoms with Crippen LogP contribution in [0.1, 0.15) is 25.0 Å². The lowest BCUT2D eigenvalue weighted by molar-refractivity contribution is 0.660.